The highest BCUT2D eigenvalue weighted by molar-refractivity contribution is 6.06. The minimum atomic E-state index is -0.398. The molecular weight excluding hydrogens is 378 g/mol. The average molecular weight is 403 g/mol. The predicted molar refractivity (Wildman–Crippen MR) is 117 cm³/mol. The highest BCUT2D eigenvalue weighted by Gasteiger charge is 2.33. The van der Waals surface area contributed by atoms with Crippen LogP contribution in [0, 0.1) is 13.8 Å². The third kappa shape index (κ3) is 3.66. The van der Waals surface area contributed by atoms with Crippen LogP contribution < -0.4 is 15.4 Å². The van der Waals surface area contributed by atoms with Crippen molar-refractivity contribution in [2.75, 3.05) is 17.2 Å². The van der Waals surface area contributed by atoms with Crippen LogP contribution in [0.3, 0.4) is 0 Å². The Morgan fingerprint density at radius 3 is 2.63 bits per heavy atom. The van der Waals surface area contributed by atoms with Crippen LogP contribution in [-0.4, -0.2) is 27.3 Å². The van der Waals surface area contributed by atoms with Gasteiger partial charge in [-0.25, -0.2) is 4.68 Å². The molecular formula is C23H25N5O2. The number of amides is 1. The lowest BCUT2D eigenvalue weighted by atomic mass is 9.94. The number of carbonyl (C=O) groups is 1. The number of rotatable bonds is 5. The Balaban J connectivity index is 1.72. The van der Waals surface area contributed by atoms with Crippen LogP contribution in [0.4, 0.5) is 11.6 Å². The summed E-state index contributed by atoms with van der Waals surface area (Å²) in [5, 5.41) is 10.6. The summed E-state index contributed by atoms with van der Waals surface area (Å²) in [6.07, 6.45) is 1.49. The summed E-state index contributed by atoms with van der Waals surface area (Å²) >= 11 is 0. The minimum absolute atomic E-state index is 0.174. The second kappa shape index (κ2) is 8.02. The van der Waals surface area contributed by atoms with Crippen molar-refractivity contribution in [1.29, 1.82) is 0 Å². The lowest BCUT2D eigenvalue weighted by molar-refractivity contribution is -0.113. The number of ether oxygens (including phenoxy) is 1. The molecule has 1 aromatic heterocycles. The Kier molecular flexibility index (Phi) is 5.27. The molecule has 1 atom stereocenters. The zero-order valence-electron chi connectivity index (χ0n) is 17.6. The van der Waals surface area contributed by atoms with E-state index in [4.69, 9.17) is 4.74 Å². The predicted octanol–water partition coefficient (Wildman–Crippen LogP) is 4.22. The summed E-state index contributed by atoms with van der Waals surface area (Å²) in [5.74, 6) is 1.22. The van der Waals surface area contributed by atoms with E-state index in [0.717, 1.165) is 33.8 Å². The summed E-state index contributed by atoms with van der Waals surface area (Å²) in [6, 6.07) is 13.3. The number of aromatic nitrogens is 3. The summed E-state index contributed by atoms with van der Waals surface area (Å²) in [6.45, 7) is 8.45. The second-order valence-corrected chi connectivity index (χ2v) is 7.37. The van der Waals surface area contributed by atoms with Gasteiger partial charge in [-0.15, -0.1) is 0 Å². The molecule has 1 amide bonds. The van der Waals surface area contributed by atoms with Gasteiger partial charge in [0.25, 0.3) is 5.91 Å². The van der Waals surface area contributed by atoms with E-state index in [2.05, 4.69) is 26.8 Å². The topological polar surface area (TPSA) is 81.1 Å². The minimum Gasteiger partial charge on any atom is -0.494 e. The number of anilines is 2. The number of hydrogen-bond donors (Lipinski definition) is 2. The van der Waals surface area contributed by atoms with Gasteiger partial charge in [-0.05, 0) is 57.0 Å². The van der Waals surface area contributed by atoms with E-state index in [1.54, 1.807) is 4.68 Å². The van der Waals surface area contributed by atoms with Crippen molar-refractivity contribution in [2.24, 2.45) is 0 Å². The van der Waals surface area contributed by atoms with Gasteiger partial charge in [-0.2, -0.15) is 10.1 Å². The summed E-state index contributed by atoms with van der Waals surface area (Å²) < 4.78 is 7.30. The van der Waals surface area contributed by atoms with Gasteiger partial charge >= 0.3 is 0 Å². The lowest BCUT2D eigenvalue weighted by Crippen LogP contribution is -2.31. The van der Waals surface area contributed by atoms with Gasteiger partial charge in [-0.3, -0.25) is 4.79 Å². The van der Waals surface area contributed by atoms with Crippen molar-refractivity contribution in [1.82, 2.24) is 14.8 Å². The van der Waals surface area contributed by atoms with Crippen molar-refractivity contribution in [3.8, 4) is 5.75 Å². The van der Waals surface area contributed by atoms with Gasteiger partial charge < -0.3 is 15.4 Å². The van der Waals surface area contributed by atoms with Crippen LogP contribution in [-0.2, 0) is 4.79 Å². The Hall–Kier alpha value is -3.61. The van der Waals surface area contributed by atoms with Crippen molar-refractivity contribution in [3.63, 3.8) is 0 Å². The first-order valence-electron chi connectivity index (χ1n) is 9.96. The monoisotopic (exact) mass is 403 g/mol. The van der Waals surface area contributed by atoms with Crippen LogP contribution in [0.1, 0.15) is 36.6 Å². The van der Waals surface area contributed by atoms with E-state index >= 15 is 0 Å². The van der Waals surface area contributed by atoms with Crippen molar-refractivity contribution < 1.29 is 9.53 Å². The molecule has 1 aliphatic rings. The maximum absolute atomic E-state index is 13.4. The third-order valence-corrected chi connectivity index (χ3v) is 5.18. The van der Waals surface area contributed by atoms with E-state index in [1.165, 1.54) is 6.33 Å². The molecule has 0 saturated heterocycles. The fourth-order valence-electron chi connectivity index (χ4n) is 3.75. The van der Waals surface area contributed by atoms with Crippen LogP contribution in [0.2, 0.25) is 0 Å². The van der Waals surface area contributed by atoms with Crippen LogP contribution in [0.15, 0.2) is 60.1 Å². The van der Waals surface area contributed by atoms with Gasteiger partial charge in [0.05, 0.1) is 12.2 Å². The number of allylic oxidation sites excluding steroid dienone is 1. The smallest absolute Gasteiger partial charge is 0.255 e. The van der Waals surface area contributed by atoms with Gasteiger partial charge in [-0.1, -0.05) is 29.8 Å². The zero-order valence-corrected chi connectivity index (χ0v) is 17.6. The quantitative estimate of drug-likeness (QED) is 0.667. The Morgan fingerprint density at radius 1 is 1.17 bits per heavy atom. The number of nitrogens with zero attached hydrogens (tertiary/aromatic N) is 3. The number of aryl methyl sites for hydroxylation is 2. The fraction of sp³-hybridized carbons (Fsp3) is 0.261. The molecule has 0 saturated carbocycles. The molecule has 0 radical (unpaired) electrons. The zero-order chi connectivity index (χ0) is 21.3. The molecule has 2 N–H and O–H groups in total. The molecule has 0 bridgehead atoms. The molecule has 3 aromatic rings. The summed E-state index contributed by atoms with van der Waals surface area (Å²) in [7, 11) is 0. The van der Waals surface area contributed by atoms with E-state index in [-0.39, 0.29) is 5.91 Å². The highest BCUT2D eigenvalue weighted by atomic mass is 16.5. The lowest BCUT2D eigenvalue weighted by Gasteiger charge is -2.29. The van der Waals surface area contributed by atoms with Gasteiger partial charge in [0.1, 0.15) is 18.1 Å². The van der Waals surface area contributed by atoms with Crippen molar-refractivity contribution in [2.45, 2.75) is 33.7 Å². The maximum Gasteiger partial charge on any atom is 0.255 e. The molecule has 2 heterocycles. The van der Waals surface area contributed by atoms with E-state index in [0.29, 0.717) is 18.1 Å². The molecule has 4 rings (SSSR count). The Morgan fingerprint density at radius 2 is 1.93 bits per heavy atom. The fourth-order valence-corrected chi connectivity index (χ4v) is 3.75. The Labute approximate surface area is 175 Å². The standard InChI is InChI=1S/C23H25N5O2/c1-5-30-18-9-7-17(8-10-18)21-20(16(4)26-23-24-13-25-28(21)23)22(29)27-19-11-6-14(2)12-15(19)3/h6-13,21H,5H2,1-4H3,(H,27,29)(H,24,25,26)/t21-/m1/s1. The van der Waals surface area contributed by atoms with Gasteiger partial charge in [0.2, 0.25) is 5.95 Å². The average Bonchev–Trinajstić information content (AvgIpc) is 3.18. The van der Waals surface area contributed by atoms with E-state index < -0.39 is 6.04 Å². The molecule has 0 unspecified atom stereocenters. The normalized spacial score (nSPS) is 15.4. The number of benzene rings is 2. The van der Waals surface area contributed by atoms with E-state index in [9.17, 15) is 4.79 Å². The maximum atomic E-state index is 13.4. The molecule has 0 aliphatic carbocycles. The molecule has 7 heteroatoms. The number of nitrogens with one attached hydrogen (secondary N) is 2. The van der Waals surface area contributed by atoms with E-state index in [1.807, 2.05) is 64.1 Å². The van der Waals surface area contributed by atoms with Crippen molar-refractivity contribution >= 4 is 17.5 Å². The van der Waals surface area contributed by atoms with Crippen molar-refractivity contribution in [3.05, 3.63) is 76.8 Å². The van der Waals surface area contributed by atoms with Gasteiger partial charge in [0.15, 0.2) is 0 Å². The molecule has 0 spiro atoms. The first-order valence-corrected chi connectivity index (χ1v) is 9.96. The second-order valence-electron chi connectivity index (χ2n) is 7.37. The highest BCUT2D eigenvalue weighted by Crippen LogP contribution is 2.36. The number of carbonyl (C=O) groups excluding carboxylic acids is 1. The SMILES string of the molecule is CCOc1ccc([C@@H]2C(C(=O)Nc3ccc(C)cc3C)=C(C)Nc3ncnn32)cc1. The first kappa shape index (κ1) is 19.7. The van der Waals surface area contributed by atoms with Crippen LogP contribution in [0.25, 0.3) is 0 Å². The number of hydrogen-bond acceptors (Lipinski definition) is 5. The summed E-state index contributed by atoms with van der Waals surface area (Å²) in [4.78, 5) is 17.7. The van der Waals surface area contributed by atoms with Crippen LogP contribution >= 0.6 is 0 Å². The molecule has 2 aromatic carbocycles. The molecule has 30 heavy (non-hydrogen) atoms. The largest absolute Gasteiger partial charge is 0.494 e. The Bertz CT molecular complexity index is 1110. The molecule has 7 nitrogen and oxygen atoms in total. The summed E-state index contributed by atoms with van der Waals surface area (Å²) in [5.41, 5.74) is 5.23. The third-order valence-electron chi connectivity index (χ3n) is 5.18. The van der Waals surface area contributed by atoms with Gasteiger partial charge in [0, 0.05) is 11.4 Å². The molecule has 0 fully saturated rings. The first-order chi connectivity index (χ1) is 14.5. The molecule has 154 valence electrons. The molecule has 1 aliphatic heterocycles. The van der Waals surface area contributed by atoms with Crippen LogP contribution in [0.5, 0.6) is 5.75 Å². The number of fused-ring (bicyclic) bond motifs is 1.